The molecular formula is C19H13F3O4. The molecule has 1 heterocycles. The van der Waals surface area contributed by atoms with Crippen LogP contribution < -0.4 is 14.9 Å². The molecule has 1 aromatic heterocycles. The van der Waals surface area contributed by atoms with Gasteiger partial charge in [0.15, 0.2) is 5.43 Å². The molecule has 0 aliphatic rings. The maximum atomic E-state index is 12.3. The molecule has 0 aliphatic carbocycles. The maximum Gasteiger partial charge on any atom is 0.573 e. The van der Waals surface area contributed by atoms with Gasteiger partial charge < -0.3 is 13.9 Å². The number of hydrogen-bond acceptors (Lipinski definition) is 4. The fraction of sp³-hybridized carbons (Fsp3) is 0.105. The van der Waals surface area contributed by atoms with E-state index in [-0.39, 0.29) is 11.2 Å². The molecule has 0 bridgehead atoms. The highest BCUT2D eigenvalue weighted by atomic mass is 19.4. The van der Waals surface area contributed by atoms with Gasteiger partial charge in [0.2, 0.25) is 0 Å². The van der Waals surface area contributed by atoms with Gasteiger partial charge in [0, 0.05) is 6.07 Å². The van der Waals surface area contributed by atoms with Crippen LogP contribution >= 0.6 is 0 Å². The van der Waals surface area contributed by atoms with Crippen molar-refractivity contribution in [3.05, 3.63) is 70.1 Å². The van der Waals surface area contributed by atoms with E-state index in [1.807, 2.05) is 0 Å². The van der Waals surface area contributed by atoms with E-state index in [2.05, 4.69) is 4.74 Å². The molecule has 3 aromatic rings. The standard InChI is InChI=1S/C19H13F3O4/c1-24-16-3-2-4-17-18(16)15(23)11-14(25-17)10-7-12-5-8-13(9-6-12)26-19(20,21)22/h2-11H,1H3/b10-7+. The number of methoxy groups -OCH3 is 1. The summed E-state index contributed by atoms with van der Waals surface area (Å²) in [5.41, 5.74) is 0.746. The van der Waals surface area contributed by atoms with Crippen molar-refractivity contribution in [1.82, 2.24) is 0 Å². The second-order valence-electron chi connectivity index (χ2n) is 5.30. The lowest BCUT2D eigenvalue weighted by Gasteiger charge is -2.08. The molecule has 0 aliphatic heterocycles. The Hall–Kier alpha value is -3.22. The average molecular weight is 362 g/mol. The van der Waals surface area contributed by atoms with Gasteiger partial charge >= 0.3 is 6.36 Å². The van der Waals surface area contributed by atoms with E-state index in [9.17, 15) is 18.0 Å². The van der Waals surface area contributed by atoms with Gasteiger partial charge in [0.25, 0.3) is 0 Å². The Bertz CT molecular complexity index is 1000. The molecule has 0 saturated carbocycles. The molecule has 0 atom stereocenters. The molecule has 3 rings (SSSR count). The van der Waals surface area contributed by atoms with E-state index in [1.54, 1.807) is 30.4 Å². The minimum absolute atomic E-state index is 0.253. The first kappa shape index (κ1) is 17.6. The van der Waals surface area contributed by atoms with Gasteiger partial charge in [-0.2, -0.15) is 0 Å². The van der Waals surface area contributed by atoms with Crippen LogP contribution in [-0.4, -0.2) is 13.5 Å². The third-order valence-electron chi connectivity index (χ3n) is 3.51. The van der Waals surface area contributed by atoms with E-state index in [4.69, 9.17) is 9.15 Å². The Morgan fingerprint density at radius 3 is 2.42 bits per heavy atom. The van der Waals surface area contributed by atoms with E-state index in [0.29, 0.717) is 28.0 Å². The van der Waals surface area contributed by atoms with Crippen molar-refractivity contribution in [2.24, 2.45) is 0 Å². The van der Waals surface area contributed by atoms with E-state index in [1.165, 1.54) is 37.4 Å². The van der Waals surface area contributed by atoms with Crippen molar-refractivity contribution in [2.75, 3.05) is 7.11 Å². The summed E-state index contributed by atoms with van der Waals surface area (Å²) >= 11 is 0. The van der Waals surface area contributed by atoms with Crippen LogP contribution in [0.2, 0.25) is 0 Å². The second-order valence-corrected chi connectivity index (χ2v) is 5.30. The van der Waals surface area contributed by atoms with Gasteiger partial charge in [0.1, 0.15) is 28.2 Å². The Morgan fingerprint density at radius 2 is 1.77 bits per heavy atom. The average Bonchev–Trinajstić information content (AvgIpc) is 2.59. The Morgan fingerprint density at radius 1 is 1.04 bits per heavy atom. The first-order valence-corrected chi connectivity index (χ1v) is 7.50. The Balaban J connectivity index is 1.86. The molecule has 4 nitrogen and oxygen atoms in total. The molecule has 0 amide bonds. The van der Waals surface area contributed by atoms with Gasteiger partial charge in [-0.1, -0.05) is 24.3 Å². The third kappa shape index (κ3) is 4.05. The molecule has 134 valence electrons. The molecule has 2 aromatic carbocycles. The molecule has 26 heavy (non-hydrogen) atoms. The number of ether oxygens (including phenoxy) is 2. The largest absolute Gasteiger partial charge is 0.573 e. The smallest absolute Gasteiger partial charge is 0.496 e. The molecule has 0 saturated heterocycles. The molecule has 0 spiro atoms. The van der Waals surface area contributed by atoms with E-state index in [0.717, 1.165) is 0 Å². The van der Waals surface area contributed by atoms with Crippen LogP contribution in [0.1, 0.15) is 11.3 Å². The van der Waals surface area contributed by atoms with Crippen molar-refractivity contribution in [2.45, 2.75) is 6.36 Å². The second kappa shape index (κ2) is 6.95. The number of halogens is 3. The lowest BCUT2D eigenvalue weighted by molar-refractivity contribution is -0.274. The van der Waals surface area contributed by atoms with Gasteiger partial charge in [-0.05, 0) is 35.9 Å². The summed E-state index contributed by atoms with van der Waals surface area (Å²) in [5.74, 6) is 0.428. The molecule has 0 N–H and O–H groups in total. The van der Waals surface area contributed by atoms with Crippen molar-refractivity contribution < 1.29 is 27.1 Å². The fourth-order valence-corrected chi connectivity index (χ4v) is 2.41. The predicted molar refractivity (Wildman–Crippen MR) is 91.1 cm³/mol. The highest BCUT2D eigenvalue weighted by molar-refractivity contribution is 5.84. The topological polar surface area (TPSA) is 48.7 Å². The third-order valence-corrected chi connectivity index (χ3v) is 3.51. The van der Waals surface area contributed by atoms with Gasteiger partial charge in [-0.25, -0.2) is 0 Å². The maximum absolute atomic E-state index is 12.3. The number of hydrogen-bond donors (Lipinski definition) is 0. The summed E-state index contributed by atoms with van der Waals surface area (Å²) in [6.07, 6.45) is -1.56. The number of rotatable bonds is 4. The monoisotopic (exact) mass is 362 g/mol. The van der Waals surface area contributed by atoms with Crippen LogP contribution in [0.5, 0.6) is 11.5 Å². The van der Waals surface area contributed by atoms with Crippen molar-refractivity contribution in [1.29, 1.82) is 0 Å². The molecule has 0 unspecified atom stereocenters. The SMILES string of the molecule is COc1cccc2oc(/C=C/c3ccc(OC(F)(F)F)cc3)cc(=O)c12. The van der Waals surface area contributed by atoms with E-state index < -0.39 is 6.36 Å². The summed E-state index contributed by atoms with van der Waals surface area (Å²) in [6.45, 7) is 0. The first-order valence-electron chi connectivity index (χ1n) is 7.50. The summed E-state index contributed by atoms with van der Waals surface area (Å²) in [7, 11) is 1.47. The molecule has 7 heteroatoms. The molecule has 0 fully saturated rings. The van der Waals surface area contributed by atoms with Crippen LogP contribution in [0.3, 0.4) is 0 Å². The van der Waals surface area contributed by atoms with Gasteiger partial charge in [-0.15, -0.1) is 13.2 Å². The zero-order valence-electron chi connectivity index (χ0n) is 13.5. The predicted octanol–water partition coefficient (Wildman–Crippen LogP) is 4.87. The molecular weight excluding hydrogens is 349 g/mol. The zero-order valence-corrected chi connectivity index (χ0v) is 13.5. The zero-order chi connectivity index (χ0) is 18.7. The van der Waals surface area contributed by atoms with Crippen molar-refractivity contribution in [3.63, 3.8) is 0 Å². The minimum atomic E-state index is -4.73. The summed E-state index contributed by atoms with van der Waals surface area (Å²) in [4.78, 5) is 12.3. The highest BCUT2D eigenvalue weighted by Gasteiger charge is 2.30. The molecule has 0 radical (unpaired) electrons. The van der Waals surface area contributed by atoms with Crippen molar-refractivity contribution >= 4 is 23.1 Å². The van der Waals surface area contributed by atoms with Crippen LogP contribution in [-0.2, 0) is 0 Å². The van der Waals surface area contributed by atoms with Gasteiger partial charge in [-0.3, -0.25) is 4.79 Å². The highest BCUT2D eigenvalue weighted by Crippen LogP contribution is 2.25. The Kier molecular flexibility index (Phi) is 4.71. The Labute approximate surface area is 146 Å². The summed E-state index contributed by atoms with van der Waals surface area (Å²) in [6, 6.07) is 11.7. The number of alkyl halides is 3. The first-order chi connectivity index (χ1) is 12.4. The van der Waals surface area contributed by atoms with Crippen molar-refractivity contribution in [3.8, 4) is 11.5 Å². The normalized spacial score (nSPS) is 11.8. The van der Waals surface area contributed by atoms with E-state index >= 15 is 0 Å². The van der Waals surface area contributed by atoms with Crippen LogP contribution in [0, 0.1) is 0 Å². The quantitative estimate of drug-likeness (QED) is 0.664. The van der Waals surface area contributed by atoms with Crippen LogP contribution in [0.25, 0.3) is 23.1 Å². The minimum Gasteiger partial charge on any atom is -0.496 e. The lowest BCUT2D eigenvalue weighted by atomic mass is 10.1. The van der Waals surface area contributed by atoms with Crippen LogP contribution in [0.4, 0.5) is 13.2 Å². The number of fused-ring (bicyclic) bond motifs is 1. The van der Waals surface area contributed by atoms with Crippen LogP contribution in [0.15, 0.2) is 57.7 Å². The lowest BCUT2D eigenvalue weighted by Crippen LogP contribution is -2.16. The summed E-state index contributed by atoms with van der Waals surface area (Å²) in [5, 5.41) is 0.348. The fourth-order valence-electron chi connectivity index (χ4n) is 2.41. The summed E-state index contributed by atoms with van der Waals surface area (Å²) < 4.78 is 51.1. The number of benzene rings is 2. The van der Waals surface area contributed by atoms with Gasteiger partial charge in [0.05, 0.1) is 7.11 Å².